The summed E-state index contributed by atoms with van der Waals surface area (Å²) in [7, 11) is -7.33. The highest BCUT2D eigenvalue weighted by Gasteiger charge is 2.43. The topological polar surface area (TPSA) is 74.8 Å². The standard InChI is InChI=1S/C26H32N2O4S2/c1-19-6-10-22(11-7-19)33(29,30)27-15-14-21(3)24(16-27)25-17-28(18-26(25,4)5)34(31,32)23-12-8-20(2)9-13-23/h6-13H,3,14-18H2,1-2,4-5H3/b25-24-. The van der Waals surface area contributed by atoms with Gasteiger partial charge < -0.3 is 0 Å². The number of hydrogen-bond donors (Lipinski definition) is 0. The van der Waals surface area contributed by atoms with Gasteiger partial charge in [-0.05, 0) is 61.3 Å². The van der Waals surface area contributed by atoms with Gasteiger partial charge in [-0.3, -0.25) is 0 Å². The number of hydrogen-bond acceptors (Lipinski definition) is 4. The third-order valence-corrected chi connectivity index (χ3v) is 10.5. The van der Waals surface area contributed by atoms with Crippen molar-refractivity contribution in [1.29, 1.82) is 0 Å². The minimum Gasteiger partial charge on any atom is -0.207 e. The summed E-state index contributed by atoms with van der Waals surface area (Å²) in [5, 5.41) is 0. The van der Waals surface area contributed by atoms with Gasteiger partial charge in [-0.1, -0.05) is 55.8 Å². The van der Waals surface area contributed by atoms with Crippen molar-refractivity contribution in [1.82, 2.24) is 8.61 Å². The maximum Gasteiger partial charge on any atom is 0.243 e. The Morgan fingerprint density at radius 1 is 0.765 bits per heavy atom. The van der Waals surface area contributed by atoms with Crippen molar-refractivity contribution in [2.75, 3.05) is 26.2 Å². The first-order chi connectivity index (χ1) is 15.8. The molecule has 4 rings (SSSR count). The van der Waals surface area contributed by atoms with Crippen molar-refractivity contribution in [3.05, 3.63) is 83.0 Å². The Kier molecular flexibility index (Phi) is 6.40. The van der Waals surface area contributed by atoms with Gasteiger partial charge in [0.1, 0.15) is 0 Å². The van der Waals surface area contributed by atoms with Crippen LogP contribution < -0.4 is 0 Å². The molecule has 0 aliphatic carbocycles. The first-order valence-electron chi connectivity index (χ1n) is 11.4. The highest BCUT2D eigenvalue weighted by Crippen LogP contribution is 2.42. The van der Waals surface area contributed by atoms with Gasteiger partial charge in [0.05, 0.1) is 9.79 Å². The van der Waals surface area contributed by atoms with Gasteiger partial charge in [0.25, 0.3) is 0 Å². The van der Waals surface area contributed by atoms with Crippen molar-refractivity contribution >= 4 is 20.0 Å². The molecule has 0 spiro atoms. The zero-order valence-corrected chi connectivity index (χ0v) is 21.8. The number of aryl methyl sites for hydroxylation is 2. The van der Waals surface area contributed by atoms with Crippen molar-refractivity contribution in [3.8, 4) is 0 Å². The van der Waals surface area contributed by atoms with Crippen LogP contribution in [0.25, 0.3) is 0 Å². The van der Waals surface area contributed by atoms with E-state index in [4.69, 9.17) is 0 Å². The van der Waals surface area contributed by atoms with E-state index in [-0.39, 0.29) is 22.9 Å². The minimum absolute atomic E-state index is 0.201. The van der Waals surface area contributed by atoms with Gasteiger partial charge in [0, 0.05) is 31.6 Å². The highest BCUT2D eigenvalue weighted by molar-refractivity contribution is 7.89. The molecule has 2 saturated heterocycles. The van der Waals surface area contributed by atoms with E-state index in [0.717, 1.165) is 27.8 Å². The van der Waals surface area contributed by atoms with E-state index in [2.05, 4.69) is 6.58 Å². The lowest BCUT2D eigenvalue weighted by Gasteiger charge is -2.33. The Morgan fingerprint density at radius 3 is 1.74 bits per heavy atom. The highest BCUT2D eigenvalue weighted by atomic mass is 32.2. The summed E-state index contributed by atoms with van der Waals surface area (Å²) < 4.78 is 56.4. The molecule has 2 aliphatic rings. The molecule has 0 atom stereocenters. The largest absolute Gasteiger partial charge is 0.243 e. The summed E-state index contributed by atoms with van der Waals surface area (Å²) in [6, 6.07) is 13.7. The maximum absolute atomic E-state index is 13.4. The number of sulfonamides is 2. The molecule has 34 heavy (non-hydrogen) atoms. The van der Waals surface area contributed by atoms with E-state index in [0.29, 0.717) is 19.5 Å². The predicted octanol–water partition coefficient (Wildman–Crippen LogP) is 4.28. The minimum atomic E-state index is -3.67. The third kappa shape index (κ3) is 4.52. The molecule has 2 aromatic rings. The molecule has 0 bridgehead atoms. The summed E-state index contributed by atoms with van der Waals surface area (Å²) in [6.45, 7) is 13.2. The molecule has 8 heteroatoms. The van der Waals surface area contributed by atoms with Gasteiger partial charge in [-0.2, -0.15) is 8.61 Å². The molecule has 182 valence electrons. The average molecular weight is 501 g/mol. The lowest BCUT2D eigenvalue weighted by molar-refractivity contribution is 0.394. The first-order valence-corrected chi connectivity index (χ1v) is 14.2. The van der Waals surface area contributed by atoms with Gasteiger partial charge in [0.15, 0.2) is 0 Å². The third-order valence-electron chi connectivity index (χ3n) is 6.83. The van der Waals surface area contributed by atoms with Gasteiger partial charge in [-0.25, -0.2) is 16.8 Å². The molecule has 0 radical (unpaired) electrons. The predicted molar refractivity (Wildman–Crippen MR) is 134 cm³/mol. The summed E-state index contributed by atoms with van der Waals surface area (Å²) in [5.41, 5.74) is 4.24. The maximum atomic E-state index is 13.4. The van der Waals surface area contributed by atoms with Crippen LogP contribution in [-0.2, 0) is 20.0 Å². The van der Waals surface area contributed by atoms with Crippen LogP contribution in [0.3, 0.4) is 0 Å². The fraction of sp³-hybridized carbons (Fsp3) is 0.385. The summed E-state index contributed by atoms with van der Waals surface area (Å²) in [5.74, 6) is 0. The molecular formula is C26H32N2O4S2. The van der Waals surface area contributed by atoms with Crippen molar-refractivity contribution in [3.63, 3.8) is 0 Å². The van der Waals surface area contributed by atoms with Crippen molar-refractivity contribution in [2.45, 2.75) is 43.9 Å². The lowest BCUT2D eigenvalue weighted by atomic mass is 9.81. The fourth-order valence-corrected chi connectivity index (χ4v) is 7.65. The molecule has 0 amide bonds. The Hall–Kier alpha value is -2.26. The van der Waals surface area contributed by atoms with E-state index in [1.54, 1.807) is 48.5 Å². The van der Waals surface area contributed by atoms with Crippen LogP contribution >= 0.6 is 0 Å². The molecule has 0 saturated carbocycles. The smallest absolute Gasteiger partial charge is 0.207 e. The van der Waals surface area contributed by atoms with Crippen LogP contribution in [0.1, 0.15) is 31.4 Å². The quantitative estimate of drug-likeness (QED) is 0.628. The Morgan fingerprint density at radius 2 is 1.24 bits per heavy atom. The zero-order valence-electron chi connectivity index (χ0n) is 20.2. The van der Waals surface area contributed by atoms with E-state index in [9.17, 15) is 16.8 Å². The molecule has 6 nitrogen and oxygen atoms in total. The van der Waals surface area contributed by atoms with E-state index < -0.39 is 25.5 Å². The SMILES string of the molecule is C=C1CCN(S(=O)(=O)c2ccc(C)cc2)C/C1=C1\CN(S(=O)(=O)c2ccc(C)cc2)CC1(C)C. The second-order valence-corrected chi connectivity index (χ2v) is 13.8. The lowest BCUT2D eigenvalue weighted by Crippen LogP contribution is -2.38. The normalized spacial score (nSPS) is 22.3. The first kappa shape index (κ1) is 24.9. The molecule has 0 N–H and O–H groups in total. The number of piperidine rings is 1. The Bertz CT molecular complexity index is 1350. The van der Waals surface area contributed by atoms with E-state index >= 15 is 0 Å². The van der Waals surface area contributed by atoms with Crippen LogP contribution in [0.15, 0.2) is 81.6 Å². The molecule has 2 fully saturated rings. The molecule has 0 unspecified atom stereocenters. The molecule has 2 aromatic carbocycles. The summed E-state index contributed by atoms with van der Waals surface area (Å²) in [6.07, 6.45) is 0.519. The van der Waals surface area contributed by atoms with E-state index in [1.165, 1.54) is 8.61 Å². The number of benzene rings is 2. The monoisotopic (exact) mass is 500 g/mol. The molecular weight excluding hydrogens is 468 g/mol. The van der Waals surface area contributed by atoms with Crippen molar-refractivity contribution in [2.24, 2.45) is 5.41 Å². The Labute approximate surface area is 203 Å². The van der Waals surface area contributed by atoms with Crippen LogP contribution in [0.4, 0.5) is 0 Å². The average Bonchev–Trinajstić information content (AvgIpc) is 3.10. The van der Waals surface area contributed by atoms with Crippen LogP contribution in [0.5, 0.6) is 0 Å². The van der Waals surface area contributed by atoms with Crippen molar-refractivity contribution < 1.29 is 16.8 Å². The van der Waals surface area contributed by atoms with E-state index in [1.807, 2.05) is 27.7 Å². The van der Waals surface area contributed by atoms with Gasteiger partial charge >= 0.3 is 0 Å². The molecule has 2 heterocycles. The van der Waals surface area contributed by atoms with Crippen LogP contribution in [-0.4, -0.2) is 51.6 Å². The summed E-state index contributed by atoms with van der Waals surface area (Å²) in [4.78, 5) is 0.537. The van der Waals surface area contributed by atoms with Gasteiger partial charge in [0.2, 0.25) is 20.0 Å². The molecule has 2 aliphatic heterocycles. The second kappa shape index (κ2) is 8.75. The van der Waals surface area contributed by atoms with Gasteiger partial charge in [-0.15, -0.1) is 0 Å². The summed E-state index contributed by atoms with van der Waals surface area (Å²) >= 11 is 0. The fourth-order valence-electron chi connectivity index (χ4n) is 4.67. The van der Waals surface area contributed by atoms with Crippen LogP contribution in [0, 0.1) is 19.3 Å². The van der Waals surface area contributed by atoms with Crippen LogP contribution in [0.2, 0.25) is 0 Å². The second-order valence-electron chi connectivity index (χ2n) is 9.93. The Balaban J connectivity index is 1.68. The number of nitrogens with zero attached hydrogens (tertiary/aromatic N) is 2. The zero-order chi connectivity index (χ0) is 24.9. The molecule has 0 aromatic heterocycles. The number of rotatable bonds is 4.